The average molecular weight is 377 g/mol. The first-order valence-electron chi connectivity index (χ1n) is 5.08. The number of ketones is 1. The lowest BCUT2D eigenvalue weighted by atomic mass is 10.0. The number of halogens is 2. The van der Waals surface area contributed by atoms with Gasteiger partial charge >= 0.3 is 0 Å². The third-order valence-corrected chi connectivity index (χ3v) is 4.59. The van der Waals surface area contributed by atoms with E-state index < -0.39 is 0 Å². The van der Waals surface area contributed by atoms with E-state index in [4.69, 9.17) is 11.6 Å². The highest BCUT2D eigenvalue weighted by Gasteiger charge is 2.11. The van der Waals surface area contributed by atoms with Crippen LogP contribution in [0.3, 0.4) is 0 Å². The summed E-state index contributed by atoms with van der Waals surface area (Å²) in [5.74, 6) is 0.120. The minimum Gasteiger partial charge on any atom is -0.294 e. The van der Waals surface area contributed by atoms with Crippen LogP contribution in [0.15, 0.2) is 29.6 Å². The van der Waals surface area contributed by atoms with E-state index in [9.17, 15) is 4.79 Å². The summed E-state index contributed by atoms with van der Waals surface area (Å²) in [4.78, 5) is 12.0. The lowest BCUT2D eigenvalue weighted by Crippen LogP contribution is -2.02. The first kappa shape index (κ1) is 13.1. The van der Waals surface area contributed by atoms with Crippen molar-refractivity contribution in [3.63, 3.8) is 0 Å². The van der Waals surface area contributed by atoms with Crippen LogP contribution in [0.4, 0.5) is 0 Å². The zero-order chi connectivity index (χ0) is 12.4. The molecule has 0 bridgehead atoms. The number of Topliss-reactive ketones (excluding diaryl/α,β-unsaturated/α-hetero) is 1. The van der Waals surface area contributed by atoms with Crippen LogP contribution >= 0.6 is 45.5 Å². The number of hydrogen-bond donors (Lipinski definition) is 0. The van der Waals surface area contributed by atoms with Gasteiger partial charge in [-0.3, -0.25) is 4.79 Å². The molecular weight excluding hydrogens is 367 g/mol. The molecule has 2 aromatic rings. The molecule has 0 aliphatic heterocycles. The van der Waals surface area contributed by atoms with Gasteiger partial charge in [-0.2, -0.15) is 0 Å². The van der Waals surface area contributed by atoms with Gasteiger partial charge in [-0.25, -0.2) is 0 Å². The van der Waals surface area contributed by atoms with Crippen molar-refractivity contribution in [1.82, 2.24) is 0 Å². The summed E-state index contributed by atoms with van der Waals surface area (Å²) in [5.41, 5.74) is 2.77. The molecule has 0 unspecified atom stereocenters. The monoisotopic (exact) mass is 376 g/mol. The Morgan fingerprint density at radius 3 is 2.76 bits per heavy atom. The maximum atomic E-state index is 12.0. The fourth-order valence-electron chi connectivity index (χ4n) is 1.53. The van der Waals surface area contributed by atoms with E-state index in [1.54, 1.807) is 11.3 Å². The highest BCUT2D eigenvalue weighted by Crippen LogP contribution is 2.22. The van der Waals surface area contributed by atoms with Crippen molar-refractivity contribution in [3.8, 4) is 0 Å². The summed E-state index contributed by atoms with van der Waals surface area (Å²) in [6.07, 6.45) is 0.367. The maximum Gasteiger partial charge on any atom is 0.168 e. The highest BCUT2D eigenvalue weighted by molar-refractivity contribution is 14.1. The van der Waals surface area contributed by atoms with Gasteiger partial charge in [0.1, 0.15) is 0 Å². The van der Waals surface area contributed by atoms with Crippen molar-refractivity contribution in [2.45, 2.75) is 13.3 Å². The van der Waals surface area contributed by atoms with Crippen LogP contribution in [0.5, 0.6) is 0 Å². The summed E-state index contributed by atoms with van der Waals surface area (Å²) >= 11 is 9.91. The molecule has 17 heavy (non-hydrogen) atoms. The predicted molar refractivity (Wildman–Crippen MR) is 81.3 cm³/mol. The Balaban J connectivity index is 2.18. The molecule has 0 N–H and O–H groups in total. The molecule has 0 saturated heterocycles. The van der Waals surface area contributed by atoms with Gasteiger partial charge in [-0.1, -0.05) is 23.7 Å². The summed E-state index contributed by atoms with van der Waals surface area (Å²) in [6, 6.07) is 7.70. The molecule has 0 fully saturated rings. The third-order valence-electron chi connectivity index (χ3n) is 2.45. The fraction of sp³-hybridized carbons (Fsp3) is 0.154. The largest absolute Gasteiger partial charge is 0.294 e. The summed E-state index contributed by atoms with van der Waals surface area (Å²) in [7, 11) is 0. The Bertz CT molecular complexity index is 562. The van der Waals surface area contributed by atoms with Gasteiger partial charge in [0.2, 0.25) is 0 Å². The molecule has 1 heterocycles. The zero-order valence-corrected chi connectivity index (χ0v) is 12.9. The molecule has 0 atom stereocenters. The number of carbonyl (C=O) groups is 1. The Labute approximate surface area is 123 Å². The van der Waals surface area contributed by atoms with Crippen LogP contribution in [0.25, 0.3) is 0 Å². The molecule has 0 radical (unpaired) electrons. The van der Waals surface area contributed by atoms with Gasteiger partial charge in [0.15, 0.2) is 5.78 Å². The second-order valence-corrected chi connectivity index (χ2v) is 7.05. The molecule has 2 rings (SSSR count). The van der Waals surface area contributed by atoms with E-state index in [2.05, 4.69) is 22.6 Å². The first-order chi connectivity index (χ1) is 8.06. The van der Waals surface area contributed by atoms with E-state index in [1.807, 2.05) is 36.6 Å². The minimum absolute atomic E-state index is 0.120. The van der Waals surface area contributed by atoms with Crippen molar-refractivity contribution in [1.29, 1.82) is 0 Å². The van der Waals surface area contributed by atoms with Crippen molar-refractivity contribution >= 4 is 51.3 Å². The molecule has 88 valence electrons. The quantitative estimate of drug-likeness (QED) is 0.558. The predicted octanol–water partition coefficient (Wildman–Crippen LogP) is 4.74. The Morgan fingerprint density at radius 2 is 2.18 bits per heavy atom. The molecule has 1 aromatic carbocycles. The van der Waals surface area contributed by atoms with E-state index in [-0.39, 0.29) is 5.78 Å². The molecule has 0 spiro atoms. The normalized spacial score (nSPS) is 10.5. The lowest BCUT2D eigenvalue weighted by molar-refractivity contribution is 0.0993. The molecular formula is C13H10ClIOS. The SMILES string of the molecule is Cc1ccc(CC(=O)c2csc(I)c2)c(Cl)c1. The van der Waals surface area contributed by atoms with E-state index in [0.29, 0.717) is 11.4 Å². The molecule has 0 aliphatic rings. The van der Waals surface area contributed by atoms with Gasteiger partial charge in [0, 0.05) is 22.4 Å². The van der Waals surface area contributed by atoms with Crippen molar-refractivity contribution < 1.29 is 4.79 Å². The summed E-state index contributed by atoms with van der Waals surface area (Å²) < 4.78 is 1.13. The Hall–Kier alpha value is -0.390. The van der Waals surface area contributed by atoms with E-state index in [1.165, 1.54) is 0 Å². The van der Waals surface area contributed by atoms with E-state index in [0.717, 1.165) is 19.6 Å². The minimum atomic E-state index is 0.120. The molecule has 0 aliphatic carbocycles. The zero-order valence-electron chi connectivity index (χ0n) is 9.17. The van der Waals surface area contributed by atoms with Crippen LogP contribution in [-0.4, -0.2) is 5.78 Å². The van der Waals surface area contributed by atoms with Crippen LogP contribution in [0, 0.1) is 9.81 Å². The van der Waals surface area contributed by atoms with Crippen LogP contribution in [0.1, 0.15) is 21.5 Å². The molecule has 1 nitrogen and oxygen atoms in total. The summed E-state index contributed by atoms with van der Waals surface area (Å²) in [6.45, 7) is 1.98. The molecule has 0 amide bonds. The molecule has 0 saturated carbocycles. The smallest absolute Gasteiger partial charge is 0.168 e. The van der Waals surface area contributed by atoms with Crippen molar-refractivity contribution in [2.24, 2.45) is 0 Å². The maximum absolute atomic E-state index is 12.0. The fourth-order valence-corrected chi connectivity index (χ4v) is 3.18. The van der Waals surface area contributed by atoms with Gasteiger partial charge in [0.05, 0.1) is 2.88 Å². The molecule has 1 aromatic heterocycles. The van der Waals surface area contributed by atoms with Crippen LogP contribution < -0.4 is 0 Å². The number of hydrogen-bond acceptors (Lipinski definition) is 2. The number of benzene rings is 1. The molecule has 4 heteroatoms. The average Bonchev–Trinajstić information content (AvgIpc) is 2.69. The first-order valence-corrected chi connectivity index (χ1v) is 7.42. The highest BCUT2D eigenvalue weighted by atomic mass is 127. The van der Waals surface area contributed by atoms with Crippen LogP contribution in [-0.2, 0) is 6.42 Å². The topological polar surface area (TPSA) is 17.1 Å². The summed E-state index contributed by atoms with van der Waals surface area (Å²) in [5, 5.41) is 2.56. The number of thiophene rings is 1. The van der Waals surface area contributed by atoms with Gasteiger partial charge < -0.3 is 0 Å². The van der Waals surface area contributed by atoms with Gasteiger partial charge in [-0.15, -0.1) is 11.3 Å². The lowest BCUT2D eigenvalue weighted by Gasteiger charge is -2.03. The Kier molecular flexibility index (Phi) is 4.22. The number of aryl methyl sites for hydroxylation is 1. The van der Waals surface area contributed by atoms with Crippen molar-refractivity contribution in [2.75, 3.05) is 0 Å². The third kappa shape index (κ3) is 3.30. The van der Waals surface area contributed by atoms with E-state index >= 15 is 0 Å². The second kappa shape index (κ2) is 5.50. The van der Waals surface area contributed by atoms with Crippen molar-refractivity contribution in [3.05, 3.63) is 54.2 Å². The van der Waals surface area contributed by atoms with Gasteiger partial charge in [-0.05, 0) is 52.8 Å². The van der Waals surface area contributed by atoms with Crippen LogP contribution in [0.2, 0.25) is 5.02 Å². The van der Waals surface area contributed by atoms with Gasteiger partial charge in [0.25, 0.3) is 0 Å². The Morgan fingerprint density at radius 1 is 1.41 bits per heavy atom. The number of carbonyl (C=O) groups excluding carboxylic acids is 1. The number of rotatable bonds is 3. The standard InChI is InChI=1S/C13H10ClIOS/c1-8-2-3-9(11(14)4-8)5-12(16)10-6-13(15)17-7-10/h2-4,6-7H,5H2,1H3. The second-order valence-electron chi connectivity index (χ2n) is 3.83.